The van der Waals surface area contributed by atoms with Crippen molar-refractivity contribution in [2.24, 2.45) is 5.92 Å². The van der Waals surface area contributed by atoms with Gasteiger partial charge in [0.15, 0.2) is 0 Å². The molecule has 28 heavy (non-hydrogen) atoms. The number of rotatable bonds is 5. The number of nitrogens with one attached hydrogen (secondary N) is 1. The van der Waals surface area contributed by atoms with Crippen LogP contribution in [0.15, 0.2) is 53.4 Å². The molecule has 8 heteroatoms. The number of benzene rings is 2. The average molecular weight is 423 g/mol. The fraction of sp³-hybridized carbons (Fsp3) is 0.350. The minimum absolute atomic E-state index is 0.0356. The molecular formula is C20H20ClFN2O3S. The molecule has 0 unspecified atom stereocenters. The molecule has 2 aromatic rings. The number of hydrogen-bond acceptors (Lipinski definition) is 3. The molecule has 5 nitrogen and oxygen atoms in total. The van der Waals surface area contributed by atoms with Crippen LogP contribution in [0.1, 0.15) is 18.4 Å². The Morgan fingerprint density at radius 3 is 2.54 bits per heavy atom. The van der Waals surface area contributed by atoms with Gasteiger partial charge in [-0.1, -0.05) is 35.9 Å². The minimum Gasteiger partial charge on any atom is -0.339 e. The molecule has 2 aromatic carbocycles. The van der Waals surface area contributed by atoms with Crippen molar-refractivity contribution in [1.82, 2.24) is 9.62 Å². The first-order valence-electron chi connectivity index (χ1n) is 9.15. The van der Waals surface area contributed by atoms with E-state index >= 15 is 0 Å². The zero-order valence-electron chi connectivity index (χ0n) is 15.0. The van der Waals surface area contributed by atoms with Gasteiger partial charge < -0.3 is 4.90 Å². The lowest BCUT2D eigenvalue weighted by Gasteiger charge is -2.32. The number of hydrogen-bond donors (Lipinski definition) is 1. The van der Waals surface area contributed by atoms with E-state index in [1.54, 1.807) is 41.3 Å². The summed E-state index contributed by atoms with van der Waals surface area (Å²) in [6.45, 7) is 0.470. The lowest BCUT2D eigenvalue weighted by molar-refractivity contribution is -0.132. The highest BCUT2D eigenvalue weighted by atomic mass is 35.5. The fourth-order valence-corrected chi connectivity index (χ4v) is 5.79. The lowest BCUT2D eigenvalue weighted by Crippen LogP contribution is -2.48. The van der Waals surface area contributed by atoms with Crippen molar-refractivity contribution in [3.8, 4) is 0 Å². The summed E-state index contributed by atoms with van der Waals surface area (Å²) in [5.74, 6) is -0.605. The minimum atomic E-state index is -3.58. The van der Waals surface area contributed by atoms with Gasteiger partial charge in [-0.2, -0.15) is 0 Å². The first-order valence-corrected chi connectivity index (χ1v) is 11.0. The molecule has 2 aliphatic rings. The van der Waals surface area contributed by atoms with Crippen LogP contribution in [-0.4, -0.2) is 37.9 Å². The molecule has 0 aromatic heterocycles. The SMILES string of the molecule is O=C(Cc1c(F)cccc1Cl)N1C[C@@H]2C[C@H]1C[C@@H]2NS(=O)(=O)c1ccccc1. The van der Waals surface area contributed by atoms with Crippen molar-refractivity contribution in [2.75, 3.05) is 6.54 Å². The van der Waals surface area contributed by atoms with Gasteiger partial charge in [0, 0.05) is 29.2 Å². The number of sulfonamides is 1. The topological polar surface area (TPSA) is 66.5 Å². The molecule has 4 rings (SSSR count). The predicted molar refractivity (Wildman–Crippen MR) is 104 cm³/mol. The lowest BCUT2D eigenvalue weighted by atomic mass is 10.0. The second-order valence-electron chi connectivity index (χ2n) is 7.35. The molecule has 2 bridgehead atoms. The van der Waals surface area contributed by atoms with Crippen LogP contribution >= 0.6 is 11.6 Å². The van der Waals surface area contributed by atoms with Crippen molar-refractivity contribution in [1.29, 1.82) is 0 Å². The Labute approximate surface area is 168 Å². The van der Waals surface area contributed by atoms with E-state index in [0.717, 1.165) is 6.42 Å². The number of carbonyl (C=O) groups is 1. The second kappa shape index (κ2) is 7.46. The molecule has 1 amide bonds. The van der Waals surface area contributed by atoms with Gasteiger partial charge in [-0.3, -0.25) is 4.79 Å². The van der Waals surface area contributed by atoms with E-state index in [9.17, 15) is 17.6 Å². The van der Waals surface area contributed by atoms with Crippen molar-refractivity contribution in [3.63, 3.8) is 0 Å². The zero-order valence-corrected chi connectivity index (χ0v) is 16.6. The molecule has 1 aliphatic carbocycles. The van der Waals surface area contributed by atoms with Gasteiger partial charge in [0.1, 0.15) is 5.82 Å². The van der Waals surface area contributed by atoms with Crippen molar-refractivity contribution in [3.05, 3.63) is 64.9 Å². The summed E-state index contributed by atoms with van der Waals surface area (Å²) in [4.78, 5) is 14.7. The Hall–Kier alpha value is -1.96. The third-order valence-electron chi connectivity index (χ3n) is 5.61. The molecule has 1 N–H and O–H groups in total. The summed E-state index contributed by atoms with van der Waals surface area (Å²) in [7, 11) is -3.58. The molecule has 1 saturated carbocycles. The van der Waals surface area contributed by atoms with Crippen LogP contribution in [0, 0.1) is 11.7 Å². The number of halogens is 2. The molecule has 2 fully saturated rings. The van der Waals surface area contributed by atoms with Gasteiger partial charge in [-0.15, -0.1) is 0 Å². The van der Waals surface area contributed by atoms with Crippen LogP contribution < -0.4 is 4.72 Å². The fourth-order valence-electron chi connectivity index (χ4n) is 4.22. The maximum Gasteiger partial charge on any atom is 0.240 e. The van der Waals surface area contributed by atoms with Gasteiger partial charge in [-0.25, -0.2) is 17.5 Å². The summed E-state index contributed by atoms with van der Waals surface area (Å²) in [6.07, 6.45) is 1.22. The summed E-state index contributed by atoms with van der Waals surface area (Å²) in [5.41, 5.74) is 0.207. The van der Waals surface area contributed by atoms with Gasteiger partial charge in [0.05, 0.1) is 11.3 Å². The van der Waals surface area contributed by atoms with E-state index in [-0.39, 0.29) is 45.8 Å². The third kappa shape index (κ3) is 3.66. The maximum atomic E-state index is 14.0. The van der Waals surface area contributed by atoms with Gasteiger partial charge in [-0.05, 0) is 43.0 Å². The normalized spacial score (nSPS) is 23.9. The highest BCUT2D eigenvalue weighted by molar-refractivity contribution is 7.89. The highest BCUT2D eigenvalue weighted by Gasteiger charge is 2.47. The average Bonchev–Trinajstić information content (AvgIpc) is 3.25. The summed E-state index contributed by atoms with van der Waals surface area (Å²) >= 11 is 6.03. The van der Waals surface area contributed by atoms with Gasteiger partial charge in [0.2, 0.25) is 15.9 Å². The van der Waals surface area contributed by atoms with Crippen molar-refractivity contribution < 1.29 is 17.6 Å². The molecule has 148 valence electrons. The Balaban J connectivity index is 1.41. The monoisotopic (exact) mass is 422 g/mol. The van der Waals surface area contributed by atoms with Crippen LogP contribution in [0.4, 0.5) is 4.39 Å². The summed E-state index contributed by atoms with van der Waals surface area (Å²) in [6, 6.07) is 12.4. The molecule has 1 aliphatic heterocycles. The standard InChI is InChI=1S/C20H20ClFN2O3S/c21-17-7-4-8-18(22)16(17)11-20(25)24-12-13-9-14(24)10-19(13)23-28(26,27)15-5-2-1-3-6-15/h1-8,13-14,19,23H,9-12H2/t13-,14-,19-/m0/s1. The first kappa shape index (κ1) is 19.4. The Bertz CT molecular complexity index is 980. The largest absolute Gasteiger partial charge is 0.339 e. The van der Waals surface area contributed by atoms with E-state index in [0.29, 0.717) is 13.0 Å². The number of piperidine rings is 1. The highest BCUT2D eigenvalue weighted by Crippen LogP contribution is 2.39. The summed E-state index contributed by atoms with van der Waals surface area (Å²) in [5, 5.41) is 0.242. The molecule has 0 spiro atoms. The molecule has 0 radical (unpaired) electrons. The van der Waals surface area contributed by atoms with E-state index in [1.165, 1.54) is 12.1 Å². The van der Waals surface area contributed by atoms with Gasteiger partial charge in [0.25, 0.3) is 0 Å². The van der Waals surface area contributed by atoms with Crippen LogP contribution in [0.5, 0.6) is 0 Å². The number of nitrogens with zero attached hydrogens (tertiary/aromatic N) is 1. The van der Waals surface area contributed by atoms with Crippen LogP contribution in [0.2, 0.25) is 5.02 Å². The van der Waals surface area contributed by atoms with E-state index < -0.39 is 15.8 Å². The number of likely N-dealkylation sites (tertiary alicyclic amines) is 1. The van der Waals surface area contributed by atoms with Gasteiger partial charge >= 0.3 is 0 Å². The van der Waals surface area contributed by atoms with Crippen molar-refractivity contribution >= 4 is 27.5 Å². The predicted octanol–water partition coefficient (Wildman–Crippen LogP) is 2.99. The van der Waals surface area contributed by atoms with Crippen LogP contribution in [-0.2, 0) is 21.2 Å². The molecule has 1 heterocycles. The Morgan fingerprint density at radius 2 is 1.89 bits per heavy atom. The second-order valence-corrected chi connectivity index (χ2v) is 9.47. The molecule has 1 saturated heterocycles. The number of fused-ring (bicyclic) bond motifs is 2. The number of carbonyl (C=O) groups excluding carboxylic acids is 1. The first-order chi connectivity index (χ1) is 13.3. The third-order valence-corrected chi connectivity index (χ3v) is 7.47. The molecule has 3 atom stereocenters. The van der Waals surface area contributed by atoms with Crippen molar-refractivity contribution in [2.45, 2.75) is 36.2 Å². The van der Waals surface area contributed by atoms with Crippen LogP contribution in [0.3, 0.4) is 0 Å². The smallest absolute Gasteiger partial charge is 0.240 e. The van der Waals surface area contributed by atoms with Crippen LogP contribution in [0.25, 0.3) is 0 Å². The quantitative estimate of drug-likeness (QED) is 0.805. The molecular weight excluding hydrogens is 403 g/mol. The van der Waals surface area contributed by atoms with E-state index in [2.05, 4.69) is 4.72 Å². The Morgan fingerprint density at radius 1 is 1.14 bits per heavy atom. The maximum absolute atomic E-state index is 14.0. The number of amides is 1. The Kier molecular flexibility index (Phi) is 5.16. The van der Waals surface area contributed by atoms with E-state index in [4.69, 9.17) is 11.6 Å². The zero-order chi connectivity index (χ0) is 19.9. The van der Waals surface area contributed by atoms with E-state index in [1.807, 2.05) is 0 Å². The summed E-state index contributed by atoms with van der Waals surface area (Å²) < 4.78 is 41.8.